The van der Waals surface area contributed by atoms with E-state index >= 15 is 0 Å². The van der Waals surface area contributed by atoms with Gasteiger partial charge < -0.3 is 15.4 Å². The van der Waals surface area contributed by atoms with E-state index in [4.69, 9.17) is 22.7 Å². The Morgan fingerprint density at radius 3 is 3.00 bits per heavy atom. The lowest BCUT2D eigenvalue weighted by Crippen LogP contribution is -2.30. The number of nitrogens with two attached hydrogens (primary N) is 1. The molecular formula is C13H17FN2OS. The van der Waals surface area contributed by atoms with Crippen LogP contribution in [0, 0.1) is 5.82 Å². The number of hydrogen-bond acceptors (Lipinski definition) is 3. The number of nitrogens with zero attached hydrogens (tertiary/aromatic N) is 1. The quantitative estimate of drug-likeness (QED) is 0.833. The highest BCUT2D eigenvalue weighted by atomic mass is 32.1. The van der Waals surface area contributed by atoms with Crippen LogP contribution in [0.15, 0.2) is 18.2 Å². The molecule has 5 heteroatoms. The topological polar surface area (TPSA) is 38.5 Å². The Morgan fingerprint density at radius 1 is 1.56 bits per heavy atom. The summed E-state index contributed by atoms with van der Waals surface area (Å²) in [5.41, 5.74) is 6.60. The molecule has 0 aromatic heterocycles. The Bertz CT molecular complexity index is 453. The van der Waals surface area contributed by atoms with Gasteiger partial charge in [-0.1, -0.05) is 12.2 Å². The molecule has 0 saturated carbocycles. The Morgan fingerprint density at radius 2 is 2.33 bits per heavy atom. The molecule has 1 unspecified atom stereocenters. The molecule has 2 N–H and O–H groups in total. The highest BCUT2D eigenvalue weighted by molar-refractivity contribution is 7.80. The molecule has 1 heterocycles. The molecule has 18 heavy (non-hydrogen) atoms. The molecule has 98 valence electrons. The molecule has 2 rings (SSSR count). The van der Waals surface area contributed by atoms with E-state index < -0.39 is 0 Å². The summed E-state index contributed by atoms with van der Waals surface area (Å²) in [5.74, 6) is -0.363. The lowest BCUT2D eigenvalue weighted by atomic mass is 10.1. The highest BCUT2D eigenvalue weighted by Gasteiger charge is 2.16. The van der Waals surface area contributed by atoms with Gasteiger partial charge in [0.2, 0.25) is 0 Å². The first-order chi connectivity index (χ1) is 8.58. The number of halogens is 1. The van der Waals surface area contributed by atoms with E-state index in [2.05, 4.69) is 4.90 Å². The van der Waals surface area contributed by atoms with Crippen LogP contribution in [0.5, 0.6) is 0 Å². The average Bonchev–Trinajstić information content (AvgIpc) is 2.53. The predicted molar refractivity (Wildman–Crippen MR) is 74.5 cm³/mol. The average molecular weight is 268 g/mol. The van der Waals surface area contributed by atoms with Gasteiger partial charge in [-0.15, -0.1) is 0 Å². The van der Waals surface area contributed by atoms with Crippen LogP contribution >= 0.6 is 12.2 Å². The molecule has 1 fully saturated rings. The summed E-state index contributed by atoms with van der Waals surface area (Å²) in [4.78, 5) is 2.22. The predicted octanol–water partition coefficient (Wildman–Crippen LogP) is 2.08. The van der Waals surface area contributed by atoms with Gasteiger partial charge in [-0.25, -0.2) is 4.39 Å². The fraction of sp³-hybridized carbons (Fsp3) is 0.462. The molecule has 3 nitrogen and oxygen atoms in total. The molecule has 1 aromatic carbocycles. The van der Waals surface area contributed by atoms with Crippen LogP contribution in [0.4, 0.5) is 10.1 Å². The fourth-order valence-corrected chi connectivity index (χ4v) is 2.29. The maximum atomic E-state index is 13.8. The van der Waals surface area contributed by atoms with Gasteiger partial charge in [0.15, 0.2) is 0 Å². The van der Waals surface area contributed by atoms with Crippen LogP contribution in [0.3, 0.4) is 0 Å². The molecule has 1 atom stereocenters. The maximum absolute atomic E-state index is 13.8. The third kappa shape index (κ3) is 2.97. The van der Waals surface area contributed by atoms with Gasteiger partial charge in [-0.3, -0.25) is 0 Å². The Kier molecular flexibility index (Phi) is 4.14. The summed E-state index contributed by atoms with van der Waals surface area (Å²) in [5, 5.41) is 0. The third-order valence-electron chi connectivity index (χ3n) is 3.04. The normalized spacial score (nSPS) is 20.6. The smallest absolute Gasteiger partial charge is 0.135 e. The van der Waals surface area contributed by atoms with Crippen molar-refractivity contribution >= 4 is 22.9 Å². The summed E-state index contributed by atoms with van der Waals surface area (Å²) < 4.78 is 19.4. The zero-order valence-corrected chi connectivity index (χ0v) is 11.2. The summed E-state index contributed by atoms with van der Waals surface area (Å²) in [6.07, 6.45) is 1.11. The second kappa shape index (κ2) is 5.63. The number of rotatable bonds is 2. The second-order valence-electron chi connectivity index (χ2n) is 4.51. The fourth-order valence-electron chi connectivity index (χ4n) is 2.13. The van der Waals surface area contributed by atoms with Gasteiger partial charge in [-0.05, 0) is 31.5 Å². The van der Waals surface area contributed by atoms with Crippen LogP contribution in [-0.4, -0.2) is 30.8 Å². The van der Waals surface area contributed by atoms with E-state index in [0.717, 1.165) is 31.8 Å². The first-order valence-corrected chi connectivity index (χ1v) is 6.44. The summed E-state index contributed by atoms with van der Waals surface area (Å²) in [7, 11) is 0. The molecule has 0 spiro atoms. The van der Waals surface area contributed by atoms with Crippen LogP contribution < -0.4 is 10.6 Å². The molecule has 0 amide bonds. The van der Waals surface area contributed by atoms with Crippen molar-refractivity contribution in [3.05, 3.63) is 29.6 Å². The first kappa shape index (κ1) is 13.2. The SMILES string of the molecule is CC1CN(c2ccc(C(N)=S)c(F)c2)CCCO1. The number of benzene rings is 1. The summed E-state index contributed by atoms with van der Waals surface area (Å²) in [6, 6.07) is 4.99. The van der Waals surface area contributed by atoms with E-state index in [0.29, 0.717) is 5.56 Å². The second-order valence-corrected chi connectivity index (χ2v) is 4.95. The maximum Gasteiger partial charge on any atom is 0.135 e. The van der Waals surface area contributed by atoms with Gasteiger partial charge in [0.05, 0.1) is 6.10 Å². The van der Waals surface area contributed by atoms with Crippen LogP contribution in [-0.2, 0) is 4.74 Å². The third-order valence-corrected chi connectivity index (χ3v) is 3.26. The molecule has 1 saturated heterocycles. The van der Waals surface area contributed by atoms with Crippen LogP contribution in [0.25, 0.3) is 0 Å². The van der Waals surface area contributed by atoms with Crippen LogP contribution in [0.2, 0.25) is 0 Å². The molecular weight excluding hydrogens is 251 g/mol. The molecule has 0 aliphatic carbocycles. The van der Waals surface area contributed by atoms with Crippen molar-refractivity contribution in [3.8, 4) is 0 Å². The Balaban J connectivity index is 2.22. The lowest BCUT2D eigenvalue weighted by Gasteiger charge is -2.24. The van der Waals surface area contributed by atoms with E-state index in [1.807, 2.05) is 13.0 Å². The Labute approximate surface area is 112 Å². The summed E-state index contributed by atoms with van der Waals surface area (Å²) in [6.45, 7) is 4.42. The summed E-state index contributed by atoms with van der Waals surface area (Å²) >= 11 is 4.79. The number of hydrogen-bond donors (Lipinski definition) is 1. The monoisotopic (exact) mass is 268 g/mol. The van der Waals surface area contributed by atoms with E-state index in [1.54, 1.807) is 6.07 Å². The standard InChI is InChI=1S/C13H17FN2OS/c1-9-8-16(5-2-6-17-9)10-3-4-11(13(15)18)12(14)7-10/h3-4,7,9H,2,5-6,8H2,1H3,(H2,15,18). The molecule has 1 aromatic rings. The zero-order chi connectivity index (χ0) is 13.1. The van der Waals surface area contributed by atoms with Crippen molar-refractivity contribution in [1.82, 2.24) is 0 Å². The molecule has 1 aliphatic rings. The van der Waals surface area contributed by atoms with Crippen molar-refractivity contribution in [2.45, 2.75) is 19.4 Å². The minimum Gasteiger partial charge on any atom is -0.389 e. The molecule has 1 aliphatic heterocycles. The number of ether oxygens (including phenoxy) is 1. The van der Waals surface area contributed by atoms with Gasteiger partial charge in [-0.2, -0.15) is 0 Å². The van der Waals surface area contributed by atoms with Crippen molar-refractivity contribution in [3.63, 3.8) is 0 Å². The minimum absolute atomic E-state index is 0.0895. The van der Waals surface area contributed by atoms with Crippen molar-refractivity contribution in [1.29, 1.82) is 0 Å². The Hall–Kier alpha value is -1.20. The highest BCUT2D eigenvalue weighted by Crippen LogP contribution is 2.21. The minimum atomic E-state index is -0.363. The van der Waals surface area contributed by atoms with E-state index in [-0.39, 0.29) is 16.9 Å². The van der Waals surface area contributed by atoms with Crippen LogP contribution in [0.1, 0.15) is 18.9 Å². The van der Waals surface area contributed by atoms with Gasteiger partial charge in [0.1, 0.15) is 10.8 Å². The zero-order valence-electron chi connectivity index (χ0n) is 10.4. The number of thiocarbonyl (C=S) groups is 1. The van der Waals surface area contributed by atoms with E-state index in [9.17, 15) is 4.39 Å². The molecule has 0 bridgehead atoms. The van der Waals surface area contributed by atoms with Crippen molar-refractivity contribution in [2.24, 2.45) is 5.73 Å². The van der Waals surface area contributed by atoms with Gasteiger partial charge >= 0.3 is 0 Å². The lowest BCUT2D eigenvalue weighted by molar-refractivity contribution is 0.0821. The largest absolute Gasteiger partial charge is 0.389 e. The van der Waals surface area contributed by atoms with E-state index in [1.165, 1.54) is 6.07 Å². The first-order valence-electron chi connectivity index (χ1n) is 6.04. The van der Waals surface area contributed by atoms with Gasteiger partial charge in [0, 0.05) is 30.9 Å². The van der Waals surface area contributed by atoms with Gasteiger partial charge in [0.25, 0.3) is 0 Å². The number of anilines is 1. The molecule has 0 radical (unpaired) electrons. The van der Waals surface area contributed by atoms with Crippen molar-refractivity contribution in [2.75, 3.05) is 24.6 Å². The van der Waals surface area contributed by atoms with Crippen molar-refractivity contribution < 1.29 is 9.13 Å².